The SMILES string of the molecule is NC(=O)c1ccc(Cl)cc1Oc1ccccc1CCO. The van der Waals surface area contributed by atoms with E-state index >= 15 is 0 Å². The average Bonchev–Trinajstić information content (AvgIpc) is 2.41. The van der Waals surface area contributed by atoms with E-state index in [0.29, 0.717) is 22.9 Å². The van der Waals surface area contributed by atoms with Gasteiger partial charge in [-0.1, -0.05) is 29.8 Å². The van der Waals surface area contributed by atoms with Crippen molar-refractivity contribution in [2.24, 2.45) is 5.73 Å². The van der Waals surface area contributed by atoms with Gasteiger partial charge in [0.2, 0.25) is 0 Å². The zero-order valence-electron chi connectivity index (χ0n) is 10.7. The number of nitrogens with two attached hydrogens (primary N) is 1. The summed E-state index contributed by atoms with van der Waals surface area (Å²) in [5, 5.41) is 9.50. The number of amides is 1. The summed E-state index contributed by atoms with van der Waals surface area (Å²) in [6, 6.07) is 11.9. The lowest BCUT2D eigenvalue weighted by Gasteiger charge is -2.13. The molecule has 0 atom stereocenters. The van der Waals surface area contributed by atoms with E-state index in [2.05, 4.69) is 0 Å². The highest BCUT2D eigenvalue weighted by molar-refractivity contribution is 6.30. The summed E-state index contributed by atoms with van der Waals surface area (Å²) >= 11 is 5.92. The maximum atomic E-state index is 11.4. The number of halogens is 1. The Morgan fingerprint density at radius 3 is 2.65 bits per heavy atom. The van der Waals surface area contributed by atoms with Crippen molar-refractivity contribution in [2.75, 3.05) is 6.61 Å². The molecule has 0 heterocycles. The van der Waals surface area contributed by atoms with E-state index in [1.54, 1.807) is 12.1 Å². The standard InChI is InChI=1S/C15H14ClNO3/c16-11-5-6-12(15(17)19)14(9-11)20-13-4-2-1-3-10(13)7-8-18/h1-6,9,18H,7-8H2,(H2,17,19). The van der Waals surface area contributed by atoms with Crippen LogP contribution in [0.25, 0.3) is 0 Å². The molecule has 0 bridgehead atoms. The van der Waals surface area contributed by atoms with Gasteiger partial charge in [0, 0.05) is 17.7 Å². The molecule has 0 spiro atoms. The molecule has 0 aromatic heterocycles. The first-order valence-corrected chi connectivity index (χ1v) is 6.45. The summed E-state index contributed by atoms with van der Waals surface area (Å²) in [6.45, 7) is 0.0125. The second-order valence-corrected chi connectivity index (χ2v) is 4.62. The van der Waals surface area contributed by atoms with Crippen molar-refractivity contribution in [3.05, 3.63) is 58.6 Å². The van der Waals surface area contributed by atoms with Crippen molar-refractivity contribution in [1.29, 1.82) is 0 Å². The Bertz CT molecular complexity index is 628. The summed E-state index contributed by atoms with van der Waals surface area (Å²) in [5.74, 6) is 0.276. The number of benzene rings is 2. The third-order valence-corrected chi connectivity index (χ3v) is 3.02. The number of aliphatic hydroxyl groups is 1. The van der Waals surface area contributed by atoms with E-state index in [1.807, 2.05) is 18.2 Å². The van der Waals surface area contributed by atoms with Gasteiger partial charge >= 0.3 is 0 Å². The van der Waals surface area contributed by atoms with E-state index in [4.69, 9.17) is 27.2 Å². The second-order valence-electron chi connectivity index (χ2n) is 4.19. The Kier molecular flexibility index (Phi) is 4.61. The lowest BCUT2D eigenvalue weighted by atomic mass is 10.1. The van der Waals surface area contributed by atoms with Gasteiger partial charge < -0.3 is 15.6 Å². The van der Waals surface area contributed by atoms with Crippen molar-refractivity contribution in [2.45, 2.75) is 6.42 Å². The summed E-state index contributed by atoms with van der Waals surface area (Å²) in [7, 11) is 0. The fourth-order valence-corrected chi connectivity index (χ4v) is 2.00. The van der Waals surface area contributed by atoms with Crippen LogP contribution in [0.2, 0.25) is 5.02 Å². The molecule has 2 aromatic rings. The molecule has 0 aliphatic rings. The van der Waals surface area contributed by atoms with Crippen molar-refractivity contribution in [3.63, 3.8) is 0 Å². The average molecular weight is 292 g/mol. The molecule has 0 unspecified atom stereocenters. The third-order valence-electron chi connectivity index (χ3n) is 2.78. The molecular weight excluding hydrogens is 278 g/mol. The molecule has 0 aliphatic carbocycles. The zero-order valence-corrected chi connectivity index (χ0v) is 11.4. The highest BCUT2D eigenvalue weighted by Crippen LogP contribution is 2.30. The zero-order chi connectivity index (χ0) is 14.5. The van der Waals surface area contributed by atoms with Crippen LogP contribution in [0.5, 0.6) is 11.5 Å². The topological polar surface area (TPSA) is 72.6 Å². The fourth-order valence-electron chi connectivity index (χ4n) is 1.83. The fraction of sp³-hybridized carbons (Fsp3) is 0.133. The quantitative estimate of drug-likeness (QED) is 0.889. The van der Waals surface area contributed by atoms with Crippen LogP contribution < -0.4 is 10.5 Å². The first-order chi connectivity index (χ1) is 9.61. The van der Waals surface area contributed by atoms with Gasteiger partial charge in [-0.2, -0.15) is 0 Å². The highest BCUT2D eigenvalue weighted by atomic mass is 35.5. The van der Waals surface area contributed by atoms with Crippen LogP contribution in [-0.2, 0) is 6.42 Å². The van der Waals surface area contributed by atoms with Crippen LogP contribution in [0.3, 0.4) is 0 Å². The molecule has 2 aromatic carbocycles. The van der Waals surface area contributed by atoms with Crippen LogP contribution in [0.1, 0.15) is 15.9 Å². The molecule has 4 nitrogen and oxygen atoms in total. The van der Waals surface area contributed by atoms with Crippen molar-refractivity contribution < 1.29 is 14.6 Å². The van der Waals surface area contributed by atoms with Crippen molar-refractivity contribution in [3.8, 4) is 11.5 Å². The molecule has 2 rings (SSSR count). The normalized spacial score (nSPS) is 10.3. The van der Waals surface area contributed by atoms with Crippen LogP contribution in [0, 0.1) is 0 Å². The van der Waals surface area contributed by atoms with Gasteiger partial charge in [-0.25, -0.2) is 0 Å². The maximum absolute atomic E-state index is 11.4. The van der Waals surface area contributed by atoms with E-state index in [-0.39, 0.29) is 12.2 Å². The minimum atomic E-state index is -0.587. The van der Waals surface area contributed by atoms with Gasteiger partial charge in [0.1, 0.15) is 11.5 Å². The number of carbonyl (C=O) groups is 1. The van der Waals surface area contributed by atoms with E-state index in [0.717, 1.165) is 5.56 Å². The summed E-state index contributed by atoms with van der Waals surface area (Å²) in [5.41, 5.74) is 6.41. The molecule has 0 saturated carbocycles. The second kappa shape index (κ2) is 6.41. The Balaban J connectivity index is 2.39. The van der Waals surface area contributed by atoms with Crippen LogP contribution in [-0.4, -0.2) is 17.6 Å². The van der Waals surface area contributed by atoms with Gasteiger partial charge in [0.05, 0.1) is 5.56 Å². The lowest BCUT2D eigenvalue weighted by molar-refractivity contribution is 0.0998. The molecule has 104 valence electrons. The number of para-hydroxylation sites is 1. The van der Waals surface area contributed by atoms with E-state index < -0.39 is 5.91 Å². The maximum Gasteiger partial charge on any atom is 0.252 e. The third kappa shape index (κ3) is 3.29. The van der Waals surface area contributed by atoms with Gasteiger partial charge in [0.25, 0.3) is 5.91 Å². The van der Waals surface area contributed by atoms with Gasteiger partial charge in [-0.05, 0) is 30.2 Å². The van der Waals surface area contributed by atoms with E-state index in [9.17, 15) is 4.79 Å². The summed E-state index contributed by atoms with van der Waals surface area (Å²) < 4.78 is 5.74. The Hall–Kier alpha value is -2.04. The minimum Gasteiger partial charge on any atom is -0.456 e. The molecule has 0 aliphatic heterocycles. The number of hydrogen-bond acceptors (Lipinski definition) is 3. The Morgan fingerprint density at radius 1 is 1.20 bits per heavy atom. The molecule has 20 heavy (non-hydrogen) atoms. The van der Waals surface area contributed by atoms with Gasteiger partial charge in [-0.3, -0.25) is 4.79 Å². The molecule has 0 fully saturated rings. The lowest BCUT2D eigenvalue weighted by Crippen LogP contribution is -2.12. The molecular formula is C15H14ClNO3. The number of carbonyl (C=O) groups excluding carboxylic acids is 1. The Labute approximate surface area is 121 Å². The highest BCUT2D eigenvalue weighted by Gasteiger charge is 2.12. The summed E-state index contributed by atoms with van der Waals surface area (Å²) in [6.07, 6.45) is 0.461. The van der Waals surface area contributed by atoms with Crippen LogP contribution in [0.15, 0.2) is 42.5 Å². The minimum absolute atomic E-state index is 0.0125. The number of hydrogen-bond donors (Lipinski definition) is 2. The van der Waals surface area contributed by atoms with Crippen molar-refractivity contribution >= 4 is 17.5 Å². The smallest absolute Gasteiger partial charge is 0.252 e. The predicted octanol–water partition coefficient (Wildman–Crippen LogP) is 2.77. The summed E-state index contributed by atoms with van der Waals surface area (Å²) in [4.78, 5) is 11.4. The van der Waals surface area contributed by atoms with Crippen LogP contribution >= 0.6 is 11.6 Å². The molecule has 3 N–H and O–H groups in total. The van der Waals surface area contributed by atoms with Gasteiger partial charge in [-0.15, -0.1) is 0 Å². The number of rotatable bonds is 5. The number of primary amides is 1. The number of ether oxygens (including phenoxy) is 1. The van der Waals surface area contributed by atoms with Crippen molar-refractivity contribution in [1.82, 2.24) is 0 Å². The molecule has 1 amide bonds. The number of aliphatic hydroxyl groups excluding tert-OH is 1. The molecule has 0 saturated heterocycles. The molecule has 0 radical (unpaired) electrons. The largest absolute Gasteiger partial charge is 0.456 e. The van der Waals surface area contributed by atoms with Crippen LogP contribution in [0.4, 0.5) is 0 Å². The first-order valence-electron chi connectivity index (χ1n) is 6.08. The predicted molar refractivity (Wildman–Crippen MR) is 77.3 cm³/mol. The monoisotopic (exact) mass is 291 g/mol. The van der Waals surface area contributed by atoms with E-state index in [1.165, 1.54) is 12.1 Å². The van der Waals surface area contributed by atoms with Gasteiger partial charge in [0.15, 0.2) is 0 Å². The first kappa shape index (κ1) is 14.4. The molecule has 5 heteroatoms. The Morgan fingerprint density at radius 2 is 1.95 bits per heavy atom.